The Kier molecular flexibility index (Phi) is 6.62. The smallest absolute Gasteiger partial charge is 0.280 e. The summed E-state index contributed by atoms with van der Waals surface area (Å²) in [6, 6.07) is 30.6. The number of hydrazine groups is 1. The van der Waals surface area contributed by atoms with Gasteiger partial charge in [0.2, 0.25) is 0 Å². The van der Waals surface area contributed by atoms with E-state index in [1.165, 1.54) is 16.8 Å². The zero-order chi connectivity index (χ0) is 26.2. The van der Waals surface area contributed by atoms with Crippen LogP contribution in [0.5, 0.6) is 0 Å². The van der Waals surface area contributed by atoms with Crippen molar-refractivity contribution in [3.8, 4) is 0 Å². The Morgan fingerprint density at radius 1 is 0.816 bits per heavy atom. The van der Waals surface area contributed by atoms with E-state index in [4.69, 9.17) is 23.2 Å². The van der Waals surface area contributed by atoms with Gasteiger partial charge in [0.15, 0.2) is 0 Å². The fourth-order valence-corrected chi connectivity index (χ4v) is 6.47. The van der Waals surface area contributed by atoms with Crippen LogP contribution in [0.1, 0.15) is 16.5 Å². The van der Waals surface area contributed by atoms with Gasteiger partial charge in [0, 0.05) is 37.4 Å². The molecule has 0 bridgehead atoms. The van der Waals surface area contributed by atoms with Crippen LogP contribution in [0.2, 0.25) is 10.0 Å². The topological polar surface area (TPSA) is 54.3 Å². The van der Waals surface area contributed by atoms with Crippen LogP contribution in [0.4, 0.5) is 0 Å². The van der Waals surface area contributed by atoms with E-state index in [1.54, 1.807) is 18.2 Å². The van der Waals surface area contributed by atoms with Crippen molar-refractivity contribution < 1.29 is 9.59 Å². The van der Waals surface area contributed by atoms with Gasteiger partial charge in [-0.15, -0.1) is 0 Å². The molecule has 1 saturated heterocycles. The standard InChI is InChI=1S/C30H21Cl2N3O2S/c31-23-13-5-1-9-19(23)17-27-29(37)35(30(38-27)22-12-2-6-14-24(22)32)33-28(36)18-34-25-15-7-3-10-20(25)21-11-4-8-16-26(21)34/h1-17,30H,18H2,(H,33,36)/b27-17-. The van der Waals surface area contributed by atoms with E-state index in [2.05, 4.69) is 5.43 Å². The van der Waals surface area contributed by atoms with Crippen LogP contribution in [0.25, 0.3) is 27.9 Å². The first-order valence-corrected chi connectivity index (χ1v) is 13.6. The maximum absolute atomic E-state index is 13.6. The third-order valence-corrected chi connectivity index (χ3v) is 8.42. The Balaban J connectivity index is 1.35. The van der Waals surface area contributed by atoms with Crippen molar-refractivity contribution in [3.63, 3.8) is 0 Å². The Labute approximate surface area is 233 Å². The summed E-state index contributed by atoms with van der Waals surface area (Å²) in [6.07, 6.45) is 1.75. The summed E-state index contributed by atoms with van der Waals surface area (Å²) >= 11 is 14.2. The lowest BCUT2D eigenvalue weighted by atomic mass is 10.2. The molecule has 5 nitrogen and oxygen atoms in total. The first kappa shape index (κ1) is 24.6. The molecule has 1 unspecified atom stereocenters. The summed E-state index contributed by atoms with van der Waals surface area (Å²) in [5, 5.41) is 4.03. The molecule has 1 aromatic heterocycles. The summed E-state index contributed by atoms with van der Waals surface area (Å²) in [7, 11) is 0. The molecule has 1 fully saturated rings. The van der Waals surface area contributed by atoms with Gasteiger partial charge in [-0.2, -0.15) is 0 Å². The minimum absolute atomic E-state index is 0.0429. The minimum atomic E-state index is -0.535. The maximum Gasteiger partial charge on any atom is 0.280 e. The Bertz CT molecular complexity index is 1690. The number of rotatable bonds is 5. The van der Waals surface area contributed by atoms with Gasteiger partial charge in [0.25, 0.3) is 11.8 Å². The van der Waals surface area contributed by atoms with Crippen LogP contribution < -0.4 is 5.43 Å². The fourth-order valence-electron chi connectivity index (χ4n) is 4.75. The predicted octanol–water partition coefficient (Wildman–Crippen LogP) is 7.45. The third-order valence-electron chi connectivity index (χ3n) is 6.49. The number of nitrogens with one attached hydrogen (secondary N) is 1. The van der Waals surface area contributed by atoms with E-state index >= 15 is 0 Å². The molecular formula is C30H21Cl2N3O2S. The normalized spacial score (nSPS) is 16.6. The second-order valence-electron chi connectivity index (χ2n) is 8.85. The first-order valence-electron chi connectivity index (χ1n) is 12.0. The van der Waals surface area contributed by atoms with Crippen molar-refractivity contribution in [2.45, 2.75) is 11.9 Å². The van der Waals surface area contributed by atoms with Crippen molar-refractivity contribution in [2.24, 2.45) is 0 Å². The summed E-state index contributed by atoms with van der Waals surface area (Å²) < 4.78 is 1.97. The molecule has 0 aliphatic carbocycles. The van der Waals surface area contributed by atoms with Gasteiger partial charge in [0.05, 0.1) is 4.91 Å². The molecule has 0 radical (unpaired) electrons. The van der Waals surface area contributed by atoms with Crippen LogP contribution in [0, 0.1) is 0 Å². The van der Waals surface area contributed by atoms with E-state index in [9.17, 15) is 9.59 Å². The van der Waals surface area contributed by atoms with Crippen LogP contribution in [-0.4, -0.2) is 21.4 Å². The number of carbonyl (C=O) groups is 2. The highest BCUT2D eigenvalue weighted by Gasteiger charge is 2.39. The highest BCUT2D eigenvalue weighted by molar-refractivity contribution is 8.04. The zero-order valence-corrected chi connectivity index (χ0v) is 22.3. The molecule has 188 valence electrons. The first-order chi connectivity index (χ1) is 18.5. The van der Waals surface area contributed by atoms with Crippen molar-refractivity contribution >= 4 is 74.7 Å². The number of hydrogen-bond donors (Lipinski definition) is 1. The number of carbonyl (C=O) groups excluding carboxylic acids is 2. The summed E-state index contributed by atoms with van der Waals surface area (Å²) in [5.41, 5.74) is 6.23. The Hall–Kier alpha value is -3.71. The van der Waals surface area contributed by atoms with Crippen molar-refractivity contribution in [2.75, 3.05) is 0 Å². The van der Waals surface area contributed by atoms with Gasteiger partial charge in [-0.05, 0) is 35.9 Å². The molecule has 5 aromatic rings. The summed E-state index contributed by atoms with van der Waals surface area (Å²) in [5.74, 6) is -0.642. The number of hydrogen-bond acceptors (Lipinski definition) is 3. The molecule has 4 aromatic carbocycles. The highest BCUT2D eigenvalue weighted by Crippen LogP contribution is 2.47. The lowest BCUT2D eigenvalue weighted by Gasteiger charge is -2.25. The molecule has 38 heavy (non-hydrogen) atoms. The molecule has 0 saturated carbocycles. The van der Waals surface area contributed by atoms with Crippen molar-refractivity contribution in [3.05, 3.63) is 123 Å². The number of amides is 2. The van der Waals surface area contributed by atoms with Crippen molar-refractivity contribution in [1.29, 1.82) is 0 Å². The molecule has 6 rings (SSSR count). The van der Waals surface area contributed by atoms with Gasteiger partial charge in [-0.3, -0.25) is 15.0 Å². The molecule has 0 spiro atoms. The molecule has 1 atom stereocenters. The molecule has 2 amide bonds. The van der Waals surface area contributed by atoms with Gasteiger partial charge in [0.1, 0.15) is 11.9 Å². The zero-order valence-electron chi connectivity index (χ0n) is 20.0. The van der Waals surface area contributed by atoms with Gasteiger partial charge < -0.3 is 4.57 Å². The lowest BCUT2D eigenvalue weighted by molar-refractivity contribution is -0.138. The second kappa shape index (κ2) is 10.2. The van der Waals surface area contributed by atoms with E-state index in [1.807, 2.05) is 89.5 Å². The second-order valence-corrected chi connectivity index (χ2v) is 10.8. The Morgan fingerprint density at radius 3 is 2.05 bits per heavy atom. The van der Waals surface area contributed by atoms with Gasteiger partial charge in [-0.1, -0.05) is 108 Å². The van der Waals surface area contributed by atoms with Crippen molar-refractivity contribution in [1.82, 2.24) is 15.0 Å². The largest absolute Gasteiger partial charge is 0.331 e. The number of halogens is 2. The number of aromatic nitrogens is 1. The Morgan fingerprint density at radius 2 is 1.39 bits per heavy atom. The average Bonchev–Trinajstić information content (AvgIpc) is 3.40. The maximum atomic E-state index is 13.6. The fraction of sp³-hybridized carbons (Fsp3) is 0.0667. The number of fused-ring (bicyclic) bond motifs is 3. The number of nitrogens with zero attached hydrogens (tertiary/aromatic N) is 2. The summed E-state index contributed by atoms with van der Waals surface area (Å²) in [4.78, 5) is 27.5. The molecule has 8 heteroatoms. The lowest BCUT2D eigenvalue weighted by Crippen LogP contribution is -2.45. The van der Waals surface area contributed by atoms with Crippen LogP contribution in [0.15, 0.2) is 102 Å². The molecule has 1 N–H and O–H groups in total. The molecular weight excluding hydrogens is 537 g/mol. The van der Waals surface area contributed by atoms with Gasteiger partial charge in [-0.25, -0.2) is 5.01 Å². The number of thioether (sulfide) groups is 1. The SMILES string of the molecule is O=C(Cn1c2ccccc2c2ccccc21)NN1C(=O)/C(=C/c2ccccc2Cl)SC1c1ccccc1Cl. The van der Waals surface area contributed by atoms with E-state index in [0.717, 1.165) is 32.9 Å². The van der Waals surface area contributed by atoms with Crippen LogP contribution in [0.3, 0.4) is 0 Å². The third kappa shape index (κ3) is 4.45. The van der Waals surface area contributed by atoms with E-state index in [-0.39, 0.29) is 18.4 Å². The van der Waals surface area contributed by atoms with E-state index < -0.39 is 5.37 Å². The monoisotopic (exact) mass is 557 g/mol. The number of para-hydroxylation sites is 2. The summed E-state index contributed by atoms with van der Waals surface area (Å²) in [6.45, 7) is 0.0429. The molecule has 1 aliphatic rings. The minimum Gasteiger partial charge on any atom is -0.331 e. The quantitative estimate of drug-likeness (QED) is 0.228. The predicted molar refractivity (Wildman–Crippen MR) is 156 cm³/mol. The highest BCUT2D eigenvalue weighted by atomic mass is 35.5. The van der Waals surface area contributed by atoms with Crippen LogP contribution >= 0.6 is 35.0 Å². The van der Waals surface area contributed by atoms with Crippen LogP contribution in [-0.2, 0) is 16.1 Å². The van der Waals surface area contributed by atoms with Gasteiger partial charge >= 0.3 is 0 Å². The average molecular weight is 558 g/mol. The number of benzene rings is 4. The molecule has 1 aliphatic heterocycles. The molecule has 2 heterocycles. The van der Waals surface area contributed by atoms with E-state index in [0.29, 0.717) is 15.0 Å².